The molecule has 4 N–H and O–H groups in total. The number of rotatable bonds is 2. The Kier molecular flexibility index (Phi) is 3.29. The minimum atomic E-state index is -0.285. The number of hydrogen-bond acceptors (Lipinski definition) is 3. The van der Waals surface area contributed by atoms with Crippen LogP contribution in [0.25, 0.3) is 0 Å². The van der Waals surface area contributed by atoms with E-state index >= 15 is 0 Å². The van der Waals surface area contributed by atoms with E-state index in [-0.39, 0.29) is 17.0 Å². The monoisotopic (exact) mass is 258 g/mol. The summed E-state index contributed by atoms with van der Waals surface area (Å²) in [4.78, 5) is 12.1. The Morgan fingerprint density at radius 1 is 1.32 bits per heavy atom. The maximum Gasteiger partial charge on any atom is 0.275 e. The van der Waals surface area contributed by atoms with Gasteiger partial charge < -0.3 is 11.1 Å². The normalized spacial score (nSPS) is 11.3. The number of aromatic nitrogens is 2. The minimum Gasteiger partial charge on any atom is -0.396 e. The summed E-state index contributed by atoms with van der Waals surface area (Å²) in [5, 5.41) is 9.21. The molecule has 0 aliphatic heterocycles. The Bertz CT molecular complexity index is 595. The summed E-state index contributed by atoms with van der Waals surface area (Å²) >= 11 is 0. The average Bonchev–Trinajstić information content (AvgIpc) is 2.75. The van der Waals surface area contributed by atoms with Gasteiger partial charge in [-0.3, -0.25) is 9.89 Å². The predicted molar refractivity (Wildman–Crippen MR) is 76.1 cm³/mol. The highest BCUT2D eigenvalue weighted by molar-refractivity contribution is 6.06. The molecular formula is C14H18N4O. The van der Waals surface area contributed by atoms with Gasteiger partial charge in [0.15, 0.2) is 0 Å². The standard InChI is InChI=1S/C14H18N4O/c1-14(2,3)9-6-4-5-7-11(9)17-13(19)12-10(15)8-16-18-12/h4-8H,15H2,1-3H3,(H,16,18)(H,17,19). The summed E-state index contributed by atoms with van der Waals surface area (Å²) < 4.78 is 0. The van der Waals surface area contributed by atoms with E-state index in [0.717, 1.165) is 11.3 Å². The molecule has 0 aliphatic carbocycles. The van der Waals surface area contributed by atoms with Gasteiger partial charge in [-0.05, 0) is 17.0 Å². The van der Waals surface area contributed by atoms with Crippen molar-refractivity contribution in [2.45, 2.75) is 26.2 Å². The Morgan fingerprint density at radius 3 is 2.58 bits per heavy atom. The molecule has 0 bridgehead atoms. The van der Waals surface area contributed by atoms with Crippen molar-refractivity contribution in [3.05, 3.63) is 41.7 Å². The van der Waals surface area contributed by atoms with Crippen LogP contribution in [0.15, 0.2) is 30.5 Å². The third-order valence-electron chi connectivity index (χ3n) is 2.88. The Morgan fingerprint density at radius 2 is 2.00 bits per heavy atom. The molecule has 19 heavy (non-hydrogen) atoms. The van der Waals surface area contributed by atoms with Crippen molar-refractivity contribution in [1.29, 1.82) is 0 Å². The van der Waals surface area contributed by atoms with Crippen molar-refractivity contribution < 1.29 is 4.79 Å². The molecule has 1 aromatic carbocycles. The van der Waals surface area contributed by atoms with Gasteiger partial charge in [0.2, 0.25) is 0 Å². The van der Waals surface area contributed by atoms with Crippen molar-refractivity contribution in [1.82, 2.24) is 10.2 Å². The molecule has 1 heterocycles. The van der Waals surface area contributed by atoms with Crippen LogP contribution in [-0.4, -0.2) is 16.1 Å². The van der Waals surface area contributed by atoms with Crippen LogP contribution in [0.4, 0.5) is 11.4 Å². The molecule has 100 valence electrons. The number of nitrogens with two attached hydrogens (primary N) is 1. The summed E-state index contributed by atoms with van der Waals surface area (Å²) in [6.07, 6.45) is 1.42. The van der Waals surface area contributed by atoms with Crippen LogP contribution in [0.5, 0.6) is 0 Å². The first-order valence-corrected chi connectivity index (χ1v) is 6.09. The minimum absolute atomic E-state index is 0.0522. The number of para-hydroxylation sites is 1. The van der Waals surface area contributed by atoms with Gasteiger partial charge in [-0.15, -0.1) is 0 Å². The van der Waals surface area contributed by atoms with Crippen molar-refractivity contribution in [2.24, 2.45) is 0 Å². The molecule has 0 fully saturated rings. The van der Waals surface area contributed by atoms with Gasteiger partial charge in [0.1, 0.15) is 5.69 Å². The van der Waals surface area contributed by atoms with Gasteiger partial charge >= 0.3 is 0 Å². The number of aromatic amines is 1. The van der Waals surface area contributed by atoms with E-state index in [0.29, 0.717) is 5.69 Å². The Balaban J connectivity index is 2.30. The first-order chi connectivity index (χ1) is 8.89. The molecule has 0 atom stereocenters. The van der Waals surface area contributed by atoms with Crippen LogP contribution in [0.3, 0.4) is 0 Å². The summed E-state index contributed by atoms with van der Waals surface area (Å²) in [6.45, 7) is 6.30. The molecule has 2 rings (SSSR count). The molecule has 0 saturated heterocycles. The highest BCUT2D eigenvalue weighted by atomic mass is 16.2. The summed E-state index contributed by atoms with van der Waals surface area (Å²) in [5.74, 6) is -0.285. The summed E-state index contributed by atoms with van der Waals surface area (Å²) in [7, 11) is 0. The highest BCUT2D eigenvalue weighted by Crippen LogP contribution is 2.29. The lowest BCUT2D eigenvalue weighted by Gasteiger charge is -2.22. The molecule has 0 aliphatic rings. The van der Waals surface area contributed by atoms with E-state index in [1.54, 1.807) is 0 Å². The van der Waals surface area contributed by atoms with E-state index in [1.807, 2.05) is 24.3 Å². The van der Waals surface area contributed by atoms with Gasteiger partial charge in [-0.1, -0.05) is 39.0 Å². The van der Waals surface area contributed by atoms with Crippen LogP contribution in [0.2, 0.25) is 0 Å². The zero-order valence-electron chi connectivity index (χ0n) is 11.3. The van der Waals surface area contributed by atoms with Crippen LogP contribution in [0.1, 0.15) is 36.8 Å². The number of carbonyl (C=O) groups excluding carboxylic acids is 1. The first kappa shape index (κ1) is 13.1. The predicted octanol–water partition coefficient (Wildman–Crippen LogP) is 2.54. The van der Waals surface area contributed by atoms with Gasteiger partial charge in [0, 0.05) is 5.69 Å². The zero-order valence-corrected chi connectivity index (χ0v) is 11.3. The molecular weight excluding hydrogens is 240 g/mol. The lowest BCUT2D eigenvalue weighted by molar-refractivity contribution is 0.102. The lowest BCUT2D eigenvalue weighted by Crippen LogP contribution is -2.19. The molecule has 1 aromatic heterocycles. The average molecular weight is 258 g/mol. The fraction of sp³-hybridized carbons (Fsp3) is 0.286. The number of nitrogens with zero attached hydrogens (tertiary/aromatic N) is 1. The molecule has 0 radical (unpaired) electrons. The lowest BCUT2D eigenvalue weighted by atomic mass is 9.86. The fourth-order valence-electron chi connectivity index (χ4n) is 1.91. The third kappa shape index (κ3) is 2.76. The molecule has 5 heteroatoms. The molecule has 2 aromatic rings. The van der Waals surface area contributed by atoms with Crippen molar-refractivity contribution in [3.8, 4) is 0 Å². The number of H-pyrrole nitrogens is 1. The maximum absolute atomic E-state index is 12.1. The SMILES string of the molecule is CC(C)(C)c1ccccc1NC(=O)c1[nH]ncc1N. The van der Waals surface area contributed by atoms with Crippen molar-refractivity contribution in [2.75, 3.05) is 11.1 Å². The van der Waals surface area contributed by atoms with Crippen LogP contribution >= 0.6 is 0 Å². The second-order valence-corrected chi connectivity index (χ2v) is 5.45. The molecule has 0 spiro atoms. The van der Waals surface area contributed by atoms with Crippen LogP contribution < -0.4 is 11.1 Å². The third-order valence-corrected chi connectivity index (χ3v) is 2.88. The van der Waals surface area contributed by atoms with E-state index in [4.69, 9.17) is 5.73 Å². The smallest absolute Gasteiger partial charge is 0.275 e. The zero-order chi connectivity index (χ0) is 14.0. The van der Waals surface area contributed by atoms with Gasteiger partial charge in [-0.25, -0.2) is 0 Å². The number of amides is 1. The molecule has 0 unspecified atom stereocenters. The largest absolute Gasteiger partial charge is 0.396 e. The molecule has 1 amide bonds. The number of carbonyl (C=O) groups is 1. The number of anilines is 2. The Hall–Kier alpha value is -2.30. The van der Waals surface area contributed by atoms with Gasteiger partial charge in [0.25, 0.3) is 5.91 Å². The van der Waals surface area contributed by atoms with E-state index in [2.05, 4.69) is 36.3 Å². The fourth-order valence-corrected chi connectivity index (χ4v) is 1.91. The van der Waals surface area contributed by atoms with E-state index in [1.165, 1.54) is 6.20 Å². The number of nitrogens with one attached hydrogen (secondary N) is 2. The highest BCUT2D eigenvalue weighted by Gasteiger charge is 2.20. The second kappa shape index (κ2) is 4.76. The second-order valence-electron chi connectivity index (χ2n) is 5.45. The van der Waals surface area contributed by atoms with E-state index < -0.39 is 0 Å². The van der Waals surface area contributed by atoms with Crippen LogP contribution in [-0.2, 0) is 5.41 Å². The number of benzene rings is 1. The number of hydrogen-bond donors (Lipinski definition) is 3. The molecule has 5 nitrogen and oxygen atoms in total. The van der Waals surface area contributed by atoms with Gasteiger partial charge in [0.05, 0.1) is 11.9 Å². The summed E-state index contributed by atoms with van der Waals surface area (Å²) in [5.41, 5.74) is 8.09. The number of nitrogen functional groups attached to an aromatic ring is 1. The molecule has 0 saturated carbocycles. The maximum atomic E-state index is 12.1. The quantitative estimate of drug-likeness (QED) is 0.774. The van der Waals surface area contributed by atoms with Crippen molar-refractivity contribution >= 4 is 17.3 Å². The topological polar surface area (TPSA) is 83.8 Å². The van der Waals surface area contributed by atoms with E-state index in [9.17, 15) is 4.79 Å². The first-order valence-electron chi connectivity index (χ1n) is 6.09. The van der Waals surface area contributed by atoms with Gasteiger partial charge in [-0.2, -0.15) is 5.10 Å². The summed E-state index contributed by atoms with van der Waals surface area (Å²) in [6, 6.07) is 7.74. The van der Waals surface area contributed by atoms with Crippen molar-refractivity contribution in [3.63, 3.8) is 0 Å². The van der Waals surface area contributed by atoms with Crippen LogP contribution in [0, 0.1) is 0 Å². The Labute approximate surface area is 112 Å².